The van der Waals surface area contributed by atoms with Gasteiger partial charge in [-0.1, -0.05) is 30.3 Å². The molecule has 4 heteroatoms. The van der Waals surface area contributed by atoms with E-state index in [4.69, 9.17) is 4.74 Å². The molecule has 1 aromatic rings. The summed E-state index contributed by atoms with van der Waals surface area (Å²) in [5.41, 5.74) is 1.10. The van der Waals surface area contributed by atoms with Crippen molar-refractivity contribution in [3.63, 3.8) is 0 Å². The van der Waals surface area contributed by atoms with E-state index in [1.807, 2.05) is 37.3 Å². The first kappa shape index (κ1) is 15.7. The highest BCUT2D eigenvalue weighted by atomic mass is 16.5. The van der Waals surface area contributed by atoms with Gasteiger partial charge >= 0.3 is 0 Å². The Bertz CT molecular complexity index is 367. The van der Waals surface area contributed by atoms with Gasteiger partial charge in [-0.15, -0.1) is 0 Å². The molecule has 0 bridgehead atoms. The molecule has 0 radical (unpaired) electrons. The number of aliphatic hydroxyl groups is 1. The van der Waals surface area contributed by atoms with Gasteiger partial charge in [0.05, 0.1) is 18.8 Å². The quantitative estimate of drug-likeness (QED) is 0.749. The van der Waals surface area contributed by atoms with Crippen LogP contribution in [0.25, 0.3) is 0 Å². The lowest BCUT2D eigenvalue weighted by molar-refractivity contribution is -0.122. The lowest BCUT2D eigenvalue weighted by Gasteiger charge is -2.17. The molecule has 0 aliphatic heterocycles. The number of amides is 1. The topological polar surface area (TPSA) is 58.6 Å². The predicted octanol–water partition coefficient (Wildman–Crippen LogP) is 1.52. The fraction of sp³-hybridized carbons (Fsp3) is 0.533. The zero-order valence-corrected chi connectivity index (χ0v) is 11.6. The van der Waals surface area contributed by atoms with Crippen LogP contribution < -0.4 is 5.32 Å². The van der Waals surface area contributed by atoms with E-state index in [-0.39, 0.29) is 24.7 Å². The number of hydrogen-bond donors (Lipinski definition) is 2. The summed E-state index contributed by atoms with van der Waals surface area (Å²) < 4.78 is 5.10. The van der Waals surface area contributed by atoms with Gasteiger partial charge in [0.2, 0.25) is 5.91 Å². The van der Waals surface area contributed by atoms with Crippen LogP contribution in [0.4, 0.5) is 0 Å². The van der Waals surface area contributed by atoms with E-state index >= 15 is 0 Å². The highest BCUT2D eigenvalue weighted by Crippen LogP contribution is 2.04. The highest BCUT2D eigenvalue weighted by Gasteiger charge is 2.12. The van der Waals surface area contributed by atoms with Crippen molar-refractivity contribution in [3.05, 3.63) is 35.9 Å². The second-order valence-electron chi connectivity index (χ2n) is 4.72. The normalized spacial score (nSPS) is 13.8. The second kappa shape index (κ2) is 8.67. The summed E-state index contributed by atoms with van der Waals surface area (Å²) in [6, 6.07) is 9.59. The number of hydrogen-bond acceptors (Lipinski definition) is 3. The van der Waals surface area contributed by atoms with Crippen LogP contribution in [-0.4, -0.2) is 36.9 Å². The molecule has 0 aliphatic rings. The Kier molecular flexibility index (Phi) is 7.15. The molecule has 0 saturated heterocycles. The molecule has 0 heterocycles. The van der Waals surface area contributed by atoms with Gasteiger partial charge in [0.1, 0.15) is 0 Å². The average molecular weight is 265 g/mol. The maximum Gasteiger partial charge on any atom is 0.220 e. The van der Waals surface area contributed by atoms with Crippen molar-refractivity contribution in [3.8, 4) is 0 Å². The predicted molar refractivity (Wildman–Crippen MR) is 74.9 cm³/mol. The third kappa shape index (κ3) is 6.36. The van der Waals surface area contributed by atoms with Crippen molar-refractivity contribution in [1.29, 1.82) is 0 Å². The van der Waals surface area contributed by atoms with E-state index in [0.29, 0.717) is 19.3 Å². The Morgan fingerprint density at radius 3 is 2.63 bits per heavy atom. The van der Waals surface area contributed by atoms with Crippen LogP contribution in [0.1, 0.15) is 25.3 Å². The van der Waals surface area contributed by atoms with Crippen molar-refractivity contribution in [2.45, 2.75) is 38.3 Å². The highest BCUT2D eigenvalue weighted by molar-refractivity contribution is 5.76. The largest absolute Gasteiger partial charge is 0.394 e. The summed E-state index contributed by atoms with van der Waals surface area (Å²) in [5.74, 6) is -0.0427. The molecule has 1 rings (SSSR count). The van der Waals surface area contributed by atoms with Gasteiger partial charge in [-0.3, -0.25) is 4.79 Å². The minimum Gasteiger partial charge on any atom is -0.394 e. The zero-order valence-electron chi connectivity index (χ0n) is 11.6. The summed E-state index contributed by atoms with van der Waals surface area (Å²) in [5, 5.41) is 12.2. The number of benzene rings is 1. The van der Waals surface area contributed by atoms with E-state index in [1.165, 1.54) is 0 Å². The number of aliphatic hydroxyl groups excluding tert-OH is 1. The van der Waals surface area contributed by atoms with Gasteiger partial charge in [0.25, 0.3) is 0 Å². The molecule has 0 saturated carbocycles. The molecule has 0 spiro atoms. The van der Waals surface area contributed by atoms with E-state index < -0.39 is 0 Å². The molecular formula is C15H23NO3. The maximum absolute atomic E-state index is 11.7. The summed E-state index contributed by atoms with van der Waals surface area (Å²) in [6.07, 6.45) is 1.82. The summed E-state index contributed by atoms with van der Waals surface area (Å²) >= 11 is 0. The molecule has 0 aliphatic carbocycles. The smallest absolute Gasteiger partial charge is 0.220 e. The van der Waals surface area contributed by atoms with E-state index in [2.05, 4.69) is 5.32 Å². The SMILES string of the molecule is COC(C)CCC(=O)N[C@H](CO)Cc1ccccc1. The second-order valence-corrected chi connectivity index (χ2v) is 4.72. The lowest BCUT2D eigenvalue weighted by Crippen LogP contribution is -2.39. The Balaban J connectivity index is 2.37. The lowest BCUT2D eigenvalue weighted by atomic mass is 10.1. The Morgan fingerprint density at radius 2 is 2.05 bits per heavy atom. The molecule has 2 atom stereocenters. The number of ether oxygens (including phenoxy) is 1. The number of methoxy groups -OCH3 is 1. The molecule has 1 amide bonds. The van der Waals surface area contributed by atoms with Gasteiger partial charge in [-0.05, 0) is 25.3 Å². The third-order valence-corrected chi connectivity index (χ3v) is 3.09. The fourth-order valence-electron chi connectivity index (χ4n) is 1.81. The van der Waals surface area contributed by atoms with Crippen molar-refractivity contribution >= 4 is 5.91 Å². The number of nitrogens with one attached hydrogen (secondary N) is 1. The van der Waals surface area contributed by atoms with Crippen LogP contribution >= 0.6 is 0 Å². The molecule has 1 unspecified atom stereocenters. The molecule has 4 nitrogen and oxygen atoms in total. The number of carbonyl (C=O) groups is 1. The van der Waals surface area contributed by atoms with Crippen molar-refractivity contribution in [2.24, 2.45) is 0 Å². The number of carbonyl (C=O) groups excluding carboxylic acids is 1. The maximum atomic E-state index is 11.7. The minimum atomic E-state index is -0.229. The first-order valence-electron chi connectivity index (χ1n) is 6.62. The van der Waals surface area contributed by atoms with Crippen molar-refractivity contribution < 1.29 is 14.6 Å². The Hall–Kier alpha value is -1.39. The molecule has 106 valence electrons. The van der Waals surface area contributed by atoms with Gasteiger partial charge in [-0.25, -0.2) is 0 Å². The molecule has 1 aromatic carbocycles. The summed E-state index contributed by atoms with van der Waals surface area (Å²) in [6.45, 7) is 1.88. The molecular weight excluding hydrogens is 242 g/mol. The number of rotatable bonds is 8. The van der Waals surface area contributed by atoms with Crippen LogP contribution in [0, 0.1) is 0 Å². The van der Waals surface area contributed by atoms with Crippen LogP contribution in [0.2, 0.25) is 0 Å². The monoisotopic (exact) mass is 265 g/mol. The van der Waals surface area contributed by atoms with Crippen molar-refractivity contribution in [2.75, 3.05) is 13.7 Å². The average Bonchev–Trinajstić information content (AvgIpc) is 2.45. The van der Waals surface area contributed by atoms with Crippen LogP contribution in [0.15, 0.2) is 30.3 Å². The van der Waals surface area contributed by atoms with Gasteiger partial charge < -0.3 is 15.2 Å². The molecule has 2 N–H and O–H groups in total. The molecule has 0 aromatic heterocycles. The first-order chi connectivity index (χ1) is 9.15. The first-order valence-corrected chi connectivity index (χ1v) is 6.62. The van der Waals surface area contributed by atoms with Gasteiger partial charge in [0.15, 0.2) is 0 Å². The van der Waals surface area contributed by atoms with Gasteiger partial charge in [0, 0.05) is 13.5 Å². The van der Waals surface area contributed by atoms with Crippen LogP contribution in [0.5, 0.6) is 0 Å². The van der Waals surface area contributed by atoms with Gasteiger partial charge in [-0.2, -0.15) is 0 Å². The minimum absolute atomic E-state index is 0.0427. The third-order valence-electron chi connectivity index (χ3n) is 3.09. The Morgan fingerprint density at radius 1 is 1.37 bits per heavy atom. The van der Waals surface area contributed by atoms with Crippen LogP contribution in [-0.2, 0) is 16.0 Å². The van der Waals surface area contributed by atoms with Crippen LogP contribution in [0.3, 0.4) is 0 Å². The van der Waals surface area contributed by atoms with E-state index in [0.717, 1.165) is 5.56 Å². The summed E-state index contributed by atoms with van der Waals surface area (Å²) in [7, 11) is 1.63. The zero-order chi connectivity index (χ0) is 14.1. The van der Waals surface area contributed by atoms with E-state index in [1.54, 1.807) is 7.11 Å². The molecule has 19 heavy (non-hydrogen) atoms. The van der Waals surface area contributed by atoms with Crippen molar-refractivity contribution in [1.82, 2.24) is 5.32 Å². The molecule has 0 fully saturated rings. The van der Waals surface area contributed by atoms with E-state index in [9.17, 15) is 9.90 Å². The standard InChI is InChI=1S/C15H23NO3/c1-12(19-2)8-9-15(18)16-14(11-17)10-13-6-4-3-5-7-13/h3-7,12,14,17H,8-11H2,1-2H3,(H,16,18)/t12?,14-/m0/s1. The Labute approximate surface area is 114 Å². The fourth-order valence-corrected chi connectivity index (χ4v) is 1.81. The summed E-state index contributed by atoms with van der Waals surface area (Å²) in [4.78, 5) is 11.7.